The Morgan fingerprint density at radius 1 is 1.40 bits per heavy atom. The Morgan fingerprint density at radius 3 is 2.87 bits per heavy atom. The molecule has 0 aliphatic carbocycles. The van der Waals surface area contributed by atoms with E-state index < -0.39 is 0 Å². The van der Waals surface area contributed by atoms with E-state index in [-0.39, 0.29) is 0 Å². The molecule has 2 aliphatic heterocycles. The van der Waals surface area contributed by atoms with Crippen LogP contribution in [0.5, 0.6) is 0 Å². The van der Waals surface area contributed by atoms with Crippen LogP contribution in [0.4, 0.5) is 5.69 Å². The van der Waals surface area contributed by atoms with Crippen molar-refractivity contribution in [2.24, 2.45) is 5.92 Å². The fourth-order valence-corrected chi connectivity index (χ4v) is 2.27. The van der Waals surface area contributed by atoms with Gasteiger partial charge in [0.15, 0.2) is 6.72 Å². The molecule has 0 unspecified atom stereocenters. The molecule has 0 amide bonds. The van der Waals surface area contributed by atoms with E-state index in [1.807, 2.05) is 4.68 Å². The van der Waals surface area contributed by atoms with Crippen molar-refractivity contribution in [1.29, 1.82) is 0 Å². The number of fused-ring (bicyclic) bond motifs is 1. The fraction of sp³-hybridized carbons (Fsp3) is 0.417. The van der Waals surface area contributed by atoms with Crippen molar-refractivity contribution in [3.05, 3.63) is 29.8 Å². The van der Waals surface area contributed by atoms with Crippen LogP contribution in [-0.2, 0) is 6.54 Å². The number of hydrogen-bond acceptors (Lipinski definition) is 2. The van der Waals surface area contributed by atoms with Gasteiger partial charge in [-0.25, -0.2) is 0 Å². The number of nitrogens with zero attached hydrogens (tertiary/aromatic N) is 2. The zero-order valence-corrected chi connectivity index (χ0v) is 8.82. The van der Waals surface area contributed by atoms with Crippen molar-refractivity contribution >= 4 is 12.4 Å². The monoisotopic (exact) mass is 202 g/mol. The van der Waals surface area contributed by atoms with Gasteiger partial charge in [0.25, 0.3) is 0 Å². The number of hydrogen-bond donors (Lipinski definition) is 1. The minimum Gasteiger partial charge on any atom is -0.316 e. The van der Waals surface area contributed by atoms with Crippen molar-refractivity contribution in [1.82, 2.24) is 10.3 Å². The maximum absolute atomic E-state index is 4.11. The molecule has 0 spiro atoms. The lowest BCUT2D eigenvalue weighted by Crippen LogP contribution is -2.48. The van der Waals surface area contributed by atoms with Crippen LogP contribution in [0.2, 0.25) is 0 Å². The Kier molecular flexibility index (Phi) is 1.99. The first kappa shape index (κ1) is 8.92. The Hall–Kier alpha value is -1.35. The Bertz CT molecular complexity index is 396. The molecule has 0 radical (unpaired) electrons. The molecule has 2 aliphatic rings. The SMILES string of the molecule is C=[N+]1c2ccccc2CN1CC1CNC1. The van der Waals surface area contributed by atoms with Crippen LogP contribution in [-0.4, -0.2) is 36.0 Å². The van der Waals surface area contributed by atoms with Gasteiger partial charge in [0.1, 0.15) is 6.54 Å². The Morgan fingerprint density at radius 2 is 2.20 bits per heavy atom. The smallest absolute Gasteiger partial charge is 0.239 e. The van der Waals surface area contributed by atoms with Gasteiger partial charge in [-0.1, -0.05) is 22.9 Å². The van der Waals surface area contributed by atoms with Gasteiger partial charge < -0.3 is 5.32 Å². The second kappa shape index (κ2) is 3.35. The van der Waals surface area contributed by atoms with Crippen LogP contribution in [0.3, 0.4) is 0 Å². The third kappa shape index (κ3) is 1.43. The molecule has 1 N–H and O–H groups in total. The summed E-state index contributed by atoms with van der Waals surface area (Å²) in [6, 6.07) is 8.50. The van der Waals surface area contributed by atoms with Crippen LogP contribution in [0.15, 0.2) is 24.3 Å². The van der Waals surface area contributed by atoms with E-state index in [1.54, 1.807) is 0 Å². The first-order valence-corrected chi connectivity index (χ1v) is 5.49. The van der Waals surface area contributed by atoms with Crippen LogP contribution < -0.4 is 5.32 Å². The number of nitrogens with one attached hydrogen (secondary N) is 1. The molecule has 0 bridgehead atoms. The van der Waals surface area contributed by atoms with E-state index >= 15 is 0 Å². The van der Waals surface area contributed by atoms with Gasteiger partial charge in [0, 0.05) is 25.1 Å². The molecule has 3 heteroatoms. The largest absolute Gasteiger partial charge is 0.316 e. The predicted octanol–water partition coefficient (Wildman–Crippen LogP) is 0.981. The van der Waals surface area contributed by atoms with Crippen molar-refractivity contribution in [2.75, 3.05) is 19.6 Å². The minimum absolute atomic E-state index is 0.795. The molecule has 3 nitrogen and oxygen atoms in total. The molecule has 1 aromatic rings. The Balaban J connectivity index is 1.77. The Labute approximate surface area is 90.0 Å². The molecule has 0 atom stereocenters. The van der Waals surface area contributed by atoms with Gasteiger partial charge in [-0.3, -0.25) is 0 Å². The van der Waals surface area contributed by atoms with Gasteiger partial charge in [-0.05, 0) is 0 Å². The van der Waals surface area contributed by atoms with Crippen molar-refractivity contribution in [2.45, 2.75) is 6.54 Å². The first-order valence-electron chi connectivity index (χ1n) is 5.49. The lowest BCUT2D eigenvalue weighted by atomic mass is 10.0. The highest BCUT2D eigenvalue weighted by Gasteiger charge is 2.32. The molecular formula is C12H16N3+. The highest BCUT2D eigenvalue weighted by molar-refractivity contribution is 5.43. The van der Waals surface area contributed by atoms with E-state index in [0.717, 1.165) is 32.1 Å². The number of para-hydroxylation sites is 1. The number of rotatable bonds is 2. The van der Waals surface area contributed by atoms with Crippen molar-refractivity contribution in [3.63, 3.8) is 0 Å². The summed E-state index contributed by atoms with van der Waals surface area (Å²) in [5.41, 5.74) is 2.64. The van der Waals surface area contributed by atoms with E-state index in [2.05, 4.69) is 41.3 Å². The van der Waals surface area contributed by atoms with Gasteiger partial charge in [0.05, 0.1) is 12.1 Å². The highest BCUT2D eigenvalue weighted by Crippen LogP contribution is 2.28. The van der Waals surface area contributed by atoms with Crippen LogP contribution in [0.1, 0.15) is 5.56 Å². The quantitative estimate of drug-likeness (QED) is 0.721. The van der Waals surface area contributed by atoms with Crippen LogP contribution in [0, 0.1) is 5.92 Å². The molecule has 78 valence electrons. The fourth-order valence-electron chi connectivity index (χ4n) is 2.27. The van der Waals surface area contributed by atoms with Gasteiger partial charge >= 0.3 is 0 Å². The lowest BCUT2D eigenvalue weighted by molar-refractivity contribution is -0.610. The zero-order chi connectivity index (χ0) is 10.3. The van der Waals surface area contributed by atoms with Crippen LogP contribution in [0.25, 0.3) is 0 Å². The molecule has 2 heterocycles. The average Bonchev–Trinajstić information content (AvgIpc) is 2.51. The molecule has 15 heavy (non-hydrogen) atoms. The molecule has 1 fully saturated rings. The summed E-state index contributed by atoms with van der Waals surface area (Å²) in [6.07, 6.45) is 0. The molecule has 3 rings (SSSR count). The summed E-state index contributed by atoms with van der Waals surface area (Å²) < 4.78 is 2.05. The third-order valence-corrected chi connectivity index (χ3v) is 3.30. The highest BCUT2D eigenvalue weighted by atomic mass is 15.6. The number of hydrazone groups is 1. The summed E-state index contributed by atoms with van der Waals surface area (Å²) in [4.78, 5) is 0. The summed E-state index contributed by atoms with van der Waals surface area (Å²) >= 11 is 0. The topological polar surface area (TPSA) is 18.3 Å². The van der Waals surface area contributed by atoms with E-state index in [1.165, 1.54) is 11.3 Å². The molecule has 1 saturated heterocycles. The average molecular weight is 202 g/mol. The molecule has 0 saturated carbocycles. The zero-order valence-electron chi connectivity index (χ0n) is 8.82. The second-order valence-corrected chi connectivity index (χ2v) is 4.40. The van der Waals surface area contributed by atoms with E-state index in [0.29, 0.717) is 0 Å². The first-order chi connectivity index (χ1) is 7.34. The standard InChI is InChI=1S/C12H16N3/c1-14-12-5-3-2-4-11(12)9-15(14)8-10-6-13-7-10/h2-5,10,13H,1,6-9H2/q+1. The summed E-state index contributed by atoms with van der Waals surface area (Å²) in [5, 5.41) is 5.64. The molecule has 1 aromatic carbocycles. The van der Waals surface area contributed by atoms with Crippen molar-refractivity contribution in [3.8, 4) is 0 Å². The lowest BCUT2D eigenvalue weighted by Gasteiger charge is -2.29. The van der Waals surface area contributed by atoms with Gasteiger partial charge in [-0.15, -0.1) is 0 Å². The predicted molar refractivity (Wildman–Crippen MR) is 60.3 cm³/mol. The summed E-state index contributed by atoms with van der Waals surface area (Å²) in [7, 11) is 0. The third-order valence-electron chi connectivity index (χ3n) is 3.30. The van der Waals surface area contributed by atoms with E-state index in [4.69, 9.17) is 0 Å². The molecular weight excluding hydrogens is 186 g/mol. The van der Waals surface area contributed by atoms with Crippen LogP contribution >= 0.6 is 0 Å². The summed E-state index contributed by atoms with van der Waals surface area (Å²) in [5.74, 6) is 0.795. The van der Waals surface area contributed by atoms with Gasteiger partial charge in [0.2, 0.25) is 5.69 Å². The normalized spacial score (nSPS) is 20.3. The maximum Gasteiger partial charge on any atom is 0.239 e. The minimum atomic E-state index is 0.795. The molecule has 0 aromatic heterocycles. The second-order valence-electron chi connectivity index (χ2n) is 4.40. The number of hydrazine groups is 1. The van der Waals surface area contributed by atoms with Gasteiger partial charge in [-0.2, -0.15) is 5.01 Å². The summed E-state index contributed by atoms with van der Waals surface area (Å²) in [6.45, 7) is 8.54. The maximum atomic E-state index is 4.11. The van der Waals surface area contributed by atoms with Crippen molar-refractivity contribution < 1.29 is 4.68 Å². The number of benzene rings is 1. The van der Waals surface area contributed by atoms with E-state index in [9.17, 15) is 0 Å².